The van der Waals surface area contributed by atoms with E-state index in [4.69, 9.17) is 14.6 Å². The van der Waals surface area contributed by atoms with Crippen LogP contribution in [-0.4, -0.2) is 36.5 Å². The third-order valence-electron chi connectivity index (χ3n) is 2.26. The van der Waals surface area contributed by atoms with Crippen LogP contribution in [0.3, 0.4) is 0 Å². The number of esters is 1. The number of hydrogen-bond donors (Lipinski definition) is 1. The fourth-order valence-electron chi connectivity index (χ4n) is 1.47. The van der Waals surface area contributed by atoms with Crippen molar-refractivity contribution in [3.8, 4) is 0 Å². The molecule has 1 N–H and O–H groups in total. The highest BCUT2D eigenvalue weighted by Crippen LogP contribution is 2.25. The van der Waals surface area contributed by atoms with Gasteiger partial charge in [0.05, 0.1) is 13.2 Å². The quantitative estimate of drug-likeness (QED) is 0.654. The first kappa shape index (κ1) is 10.5. The molecule has 0 aromatic carbocycles. The predicted molar refractivity (Wildman–Crippen MR) is 46.3 cm³/mol. The zero-order valence-electron chi connectivity index (χ0n) is 7.91. The Morgan fingerprint density at radius 3 is 2.85 bits per heavy atom. The van der Waals surface area contributed by atoms with Gasteiger partial charge < -0.3 is 14.6 Å². The second-order valence-electron chi connectivity index (χ2n) is 3.18. The van der Waals surface area contributed by atoms with Gasteiger partial charge in [-0.25, -0.2) is 4.79 Å². The third-order valence-corrected chi connectivity index (χ3v) is 2.26. The number of aliphatic hydroxyl groups is 1. The smallest absolute Gasteiger partial charge is 0.340 e. The normalized spacial score (nSPS) is 28.5. The third kappa shape index (κ3) is 2.19. The van der Waals surface area contributed by atoms with Crippen molar-refractivity contribution in [3.63, 3.8) is 0 Å². The molecule has 0 saturated carbocycles. The molecular weight excluding hydrogens is 172 g/mol. The van der Waals surface area contributed by atoms with Gasteiger partial charge in [-0.15, -0.1) is 0 Å². The van der Waals surface area contributed by atoms with Crippen molar-refractivity contribution in [3.05, 3.63) is 0 Å². The lowest BCUT2D eigenvalue weighted by Crippen LogP contribution is -2.48. The molecule has 1 atom stereocenters. The van der Waals surface area contributed by atoms with Crippen LogP contribution in [0.15, 0.2) is 0 Å². The van der Waals surface area contributed by atoms with Gasteiger partial charge >= 0.3 is 5.97 Å². The average Bonchev–Trinajstić information content (AvgIpc) is 2.19. The molecule has 1 aliphatic rings. The molecule has 0 amide bonds. The zero-order chi connectivity index (χ0) is 9.73. The van der Waals surface area contributed by atoms with E-state index in [1.807, 2.05) is 0 Å². The number of rotatable bonds is 3. The first-order valence-electron chi connectivity index (χ1n) is 4.67. The molecule has 1 unspecified atom stereocenters. The number of aliphatic hydroxyl groups excluding tert-OH is 1. The maximum atomic E-state index is 11.4. The van der Waals surface area contributed by atoms with Crippen LogP contribution in [0, 0.1) is 0 Å². The summed E-state index contributed by atoms with van der Waals surface area (Å²) in [5.74, 6) is -0.433. The maximum absolute atomic E-state index is 11.4. The van der Waals surface area contributed by atoms with Crippen molar-refractivity contribution in [2.24, 2.45) is 0 Å². The Labute approximate surface area is 77.8 Å². The molecule has 4 heteroatoms. The minimum atomic E-state index is -1.08. The van der Waals surface area contributed by atoms with E-state index in [0.29, 0.717) is 19.6 Å². The number of carbonyl (C=O) groups excluding carboxylic acids is 1. The second kappa shape index (κ2) is 4.58. The van der Waals surface area contributed by atoms with E-state index in [9.17, 15) is 4.79 Å². The fraction of sp³-hybridized carbons (Fsp3) is 0.889. The molecule has 0 radical (unpaired) electrons. The maximum Gasteiger partial charge on any atom is 0.340 e. The number of ether oxygens (including phenoxy) is 2. The van der Waals surface area contributed by atoms with Gasteiger partial charge in [0.15, 0.2) is 5.60 Å². The SMILES string of the molecule is CCOC(=O)C1(CO)CCCCO1. The summed E-state index contributed by atoms with van der Waals surface area (Å²) in [7, 11) is 0. The highest BCUT2D eigenvalue weighted by atomic mass is 16.6. The van der Waals surface area contributed by atoms with E-state index in [1.165, 1.54) is 0 Å². The summed E-state index contributed by atoms with van der Waals surface area (Å²) < 4.78 is 10.2. The van der Waals surface area contributed by atoms with Crippen molar-refractivity contribution in [1.82, 2.24) is 0 Å². The van der Waals surface area contributed by atoms with Gasteiger partial charge in [0.2, 0.25) is 0 Å². The lowest BCUT2D eigenvalue weighted by molar-refractivity contribution is -0.184. The molecule has 1 aliphatic heterocycles. The van der Waals surface area contributed by atoms with Crippen molar-refractivity contribution in [2.45, 2.75) is 31.8 Å². The molecule has 0 aromatic rings. The summed E-state index contributed by atoms with van der Waals surface area (Å²) in [4.78, 5) is 11.4. The Hall–Kier alpha value is -0.610. The Kier molecular flexibility index (Phi) is 3.69. The van der Waals surface area contributed by atoms with Crippen molar-refractivity contribution < 1.29 is 19.4 Å². The van der Waals surface area contributed by atoms with Crippen LogP contribution in [-0.2, 0) is 14.3 Å². The molecule has 1 fully saturated rings. The van der Waals surface area contributed by atoms with Gasteiger partial charge in [-0.2, -0.15) is 0 Å². The van der Waals surface area contributed by atoms with Gasteiger partial charge in [-0.1, -0.05) is 0 Å². The molecule has 1 heterocycles. The first-order valence-corrected chi connectivity index (χ1v) is 4.67. The summed E-state index contributed by atoms with van der Waals surface area (Å²) in [6.45, 7) is 2.31. The van der Waals surface area contributed by atoms with Gasteiger partial charge in [0.25, 0.3) is 0 Å². The fourth-order valence-corrected chi connectivity index (χ4v) is 1.47. The molecular formula is C9H16O4. The van der Waals surface area contributed by atoms with Crippen LogP contribution in [0.2, 0.25) is 0 Å². The molecule has 0 aliphatic carbocycles. The molecule has 13 heavy (non-hydrogen) atoms. The highest BCUT2D eigenvalue weighted by molar-refractivity contribution is 5.79. The average molecular weight is 188 g/mol. The molecule has 1 rings (SSSR count). The second-order valence-corrected chi connectivity index (χ2v) is 3.18. The number of hydrogen-bond acceptors (Lipinski definition) is 4. The van der Waals surface area contributed by atoms with Crippen LogP contribution in [0.25, 0.3) is 0 Å². The van der Waals surface area contributed by atoms with E-state index in [1.54, 1.807) is 6.92 Å². The molecule has 0 bridgehead atoms. The lowest BCUT2D eigenvalue weighted by Gasteiger charge is -2.32. The first-order chi connectivity index (χ1) is 6.25. The van der Waals surface area contributed by atoms with Gasteiger partial charge in [0.1, 0.15) is 0 Å². The Morgan fingerprint density at radius 1 is 1.62 bits per heavy atom. The Balaban J connectivity index is 2.61. The highest BCUT2D eigenvalue weighted by Gasteiger charge is 2.41. The summed E-state index contributed by atoms with van der Waals surface area (Å²) in [5, 5.41) is 9.11. The summed E-state index contributed by atoms with van der Waals surface area (Å²) in [5.41, 5.74) is -1.08. The van der Waals surface area contributed by atoms with Crippen LogP contribution in [0.5, 0.6) is 0 Å². The minimum absolute atomic E-state index is 0.286. The van der Waals surface area contributed by atoms with Crippen LogP contribution in [0.1, 0.15) is 26.2 Å². The van der Waals surface area contributed by atoms with Crippen LogP contribution < -0.4 is 0 Å². The van der Waals surface area contributed by atoms with Gasteiger partial charge in [-0.05, 0) is 26.2 Å². The molecule has 4 nitrogen and oxygen atoms in total. The van der Waals surface area contributed by atoms with Gasteiger partial charge in [-0.3, -0.25) is 0 Å². The van der Waals surface area contributed by atoms with E-state index in [2.05, 4.69) is 0 Å². The lowest BCUT2D eigenvalue weighted by atomic mass is 9.95. The zero-order valence-corrected chi connectivity index (χ0v) is 7.91. The van der Waals surface area contributed by atoms with E-state index in [-0.39, 0.29) is 6.61 Å². The Bertz CT molecular complexity index is 172. The van der Waals surface area contributed by atoms with Crippen molar-refractivity contribution in [2.75, 3.05) is 19.8 Å². The summed E-state index contributed by atoms with van der Waals surface area (Å²) in [6.07, 6.45) is 2.41. The molecule has 1 saturated heterocycles. The molecule has 0 aromatic heterocycles. The molecule has 76 valence electrons. The van der Waals surface area contributed by atoms with E-state index >= 15 is 0 Å². The van der Waals surface area contributed by atoms with E-state index in [0.717, 1.165) is 12.8 Å². The minimum Gasteiger partial charge on any atom is -0.464 e. The monoisotopic (exact) mass is 188 g/mol. The standard InChI is InChI=1S/C9H16O4/c1-2-12-8(11)9(7-10)5-3-4-6-13-9/h10H,2-7H2,1H3. The summed E-state index contributed by atoms with van der Waals surface area (Å²) in [6, 6.07) is 0. The van der Waals surface area contributed by atoms with E-state index < -0.39 is 11.6 Å². The Morgan fingerprint density at radius 2 is 2.38 bits per heavy atom. The van der Waals surface area contributed by atoms with Crippen molar-refractivity contribution in [1.29, 1.82) is 0 Å². The van der Waals surface area contributed by atoms with Crippen LogP contribution >= 0.6 is 0 Å². The number of carbonyl (C=O) groups is 1. The van der Waals surface area contributed by atoms with Crippen molar-refractivity contribution >= 4 is 5.97 Å². The molecule has 0 spiro atoms. The van der Waals surface area contributed by atoms with Gasteiger partial charge in [0, 0.05) is 6.61 Å². The largest absolute Gasteiger partial charge is 0.464 e. The topological polar surface area (TPSA) is 55.8 Å². The summed E-state index contributed by atoms with van der Waals surface area (Å²) >= 11 is 0. The predicted octanol–water partition coefficient (Wildman–Crippen LogP) is 0.481. The van der Waals surface area contributed by atoms with Crippen LogP contribution in [0.4, 0.5) is 0 Å².